The minimum absolute atomic E-state index is 0.0646. The predicted molar refractivity (Wildman–Crippen MR) is 108 cm³/mol. The molecule has 10 heteroatoms. The number of hydrogen-bond donors (Lipinski definition) is 2. The van der Waals surface area contributed by atoms with Gasteiger partial charge in [-0.05, 0) is 63.0 Å². The summed E-state index contributed by atoms with van der Waals surface area (Å²) in [5.41, 5.74) is 0.412. The van der Waals surface area contributed by atoms with Crippen molar-refractivity contribution in [1.29, 1.82) is 0 Å². The highest BCUT2D eigenvalue weighted by molar-refractivity contribution is 7.92. The number of halogens is 3. The molecule has 2 aromatic rings. The lowest BCUT2D eigenvalue weighted by molar-refractivity contribution is 0.209. The van der Waals surface area contributed by atoms with Crippen molar-refractivity contribution in [2.45, 2.75) is 36.1 Å². The molecule has 2 aliphatic heterocycles. The van der Waals surface area contributed by atoms with Gasteiger partial charge in [-0.1, -0.05) is 17.7 Å². The van der Waals surface area contributed by atoms with E-state index in [2.05, 4.69) is 19.9 Å². The van der Waals surface area contributed by atoms with E-state index in [-0.39, 0.29) is 16.4 Å². The quantitative estimate of drug-likeness (QED) is 0.664. The van der Waals surface area contributed by atoms with Crippen LogP contribution in [0.3, 0.4) is 0 Å². The highest BCUT2D eigenvalue weighted by atomic mass is 35.5. The summed E-state index contributed by atoms with van der Waals surface area (Å²) in [6.45, 7) is 2.77. The van der Waals surface area contributed by atoms with Crippen LogP contribution in [0.5, 0.6) is 0 Å². The monoisotopic (exact) mass is 442 g/mol. The maximum atomic E-state index is 14.7. The molecule has 0 bridgehead atoms. The largest absolute Gasteiger partial charge is 0.382 e. The minimum Gasteiger partial charge on any atom is -0.382 e. The third kappa shape index (κ3) is 4.04. The van der Waals surface area contributed by atoms with Gasteiger partial charge in [0, 0.05) is 12.1 Å². The Morgan fingerprint density at radius 3 is 2.59 bits per heavy atom. The first-order valence-electron chi connectivity index (χ1n) is 9.42. The van der Waals surface area contributed by atoms with Gasteiger partial charge >= 0.3 is 0 Å². The number of rotatable bonds is 6. The van der Waals surface area contributed by atoms with E-state index >= 15 is 0 Å². The Hall–Kier alpha value is -1.97. The Bertz CT molecular complexity index is 1020. The summed E-state index contributed by atoms with van der Waals surface area (Å²) >= 11 is 6.25. The second-order valence-corrected chi connectivity index (χ2v) is 9.54. The summed E-state index contributed by atoms with van der Waals surface area (Å²) in [5, 5.41) is 3.30. The molecule has 6 nitrogen and oxygen atoms in total. The third-order valence-electron chi connectivity index (χ3n) is 5.68. The first-order chi connectivity index (χ1) is 13.8. The van der Waals surface area contributed by atoms with Crippen LogP contribution >= 0.6 is 11.6 Å². The lowest BCUT2D eigenvalue weighted by Gasteiger charge is -2.32. The number of pyridine rings is 1. The average molecular weight is 443 g/mol. The van der Waals surface area contributed by atoms with Gasteiger partial charge in [-0.2, -0.15) is 4.39 Å². The zero-order valence-corrected chi connectivity index (χ0v) is 17.2. The Morgan fingerprint density at radius 2 is 1.90 bits per heavy atom. The first-order valence-corrected chi connectivity index (χ1v) is 11.3. The van der Waals surface area contributed by atoms with Crippen molar-refractivity contribution in [3.05, 3.63) is 47.1 Å². The van der Waals surface area contributed by atoms with Crippen LogP contribution in [0, 0.1) is 11.8 Å². The van der Waals surface area contributed by atoms with Crippen molar-refractivity contribution in [2.24, 2.45) is 0 Å². The number of hydrogen-bond acceptors (Lipinski definition) is 5. The predicted octanol–water partition coefficient (Wildman–Crippen LogP) is 3.85. The SMILES string of the molecule is O=S(=O)(Nc1cccc(F)n1)c1cc(Cl)c(NCC23CCCN2CCC3)cc1F. The molecule has 29 heavy (non-hydrogen) atoms. The number of anilines is 2. The zero-order chi connectivity index (χ0) is 20.6. The number of fused-ring (bicyclic) bond motifs is 1. The second kappa shape index (κ2) is 7.70. The van der Waals surface area contributed by atoms with Crippen LogP contribution in [0.4, 0.5) is 20.3 Å². The van der Waals surface area contributed by atoms with Crippen LogP contribution in [0.1, 0.15) is 25.7 Å². The molecule has 0 radical (unpaired) electrons. The summed E-state index contributed by atoms with van der Waals surface area (Å²) in [7, 11) is -4.32. The molecule has 1 aromatic heterocycles. The molecular weight excluding hydrogens is 422 g/mol. The van der Waals surface area contributed by atoms with Gasteiger partial charge in [0.1, 0.15) is 16.5 Å². The second-order valence-electron chi connectivity index (χ2n) is 7.49. The topological polar surface area (TPSA) is 74.3 Å². The molecule has 0 aliphatic carbocycles. The molecule has 1 aromatic carbocycles. The van der Waals surface area contributed by atoms with Gasteiger partial charge in [0.2, 0.25) is 5.95 Å². The molecule has 3 heterocycles. The van der Waals surface area contributed by atoms with E-state index in [0.29, 0.717) is 12.2 Å². The van der Waals surface area contributed by atoms with Crippen molar-refractivity contribution in [3.8, 4) is 0 Å². The van der Waals surface area contributed by atoms with E-state index < -0.39 is 26.7 Å². The van der Waals surface area contributed by atoms with Gasteiger partial charge in [-0.25, -0.2) is 17.8 Å². The normalized spacial score (nSPS) is 18.6. The van der Waals surface area contributed by atoms with Gasteiger partial charge in [0.15, 0.2) is 0 Å². The maximum absolute atomic E-state index is 14.7. The van der Waals surface area contributed by atoms with Crippen molar-refractivity contribution < 1.29 is 17.2 Å². The number of sulfonamides is 1. The van der Waals surface area contributed by atoms with Crippen molar-refractivity contribution >= 4 is 33.1 Å². The van der Waals surface area contributed by atoms with E-state index in [1.807, 2.05) is 0 Å². The minimum atomic E-state index is -4.32. The molecule has 2 saturated heterocycles. The molecule has 0 spiro atoms. The van der Waals surface area contributed by atoms with Crippen molar-refractivity contribution in [3.63, 3.8) is 0 Å². The van der Waals surface area contributed by atoms with Crippen molar-refractivity contribution in [2.75, 3.05) is 29.7 Å². The molecule has 156 valence electrons. The van der Waals surface area contributed by atoms with Crippen LogP contribution in [0.15, 0.2) is 35.2 Å². The van der Waals surface area contributed by atoms with Crippen LogP contribution in [0.25, 0.3) is 0 Å². The van der Waals surface area contributed by atoms with Gasteiger partial charge < -0.3 is 5.32 Å². The highest BCUT2D eigenvalue weighted by Gasteiger charge is 2.43. The summed E-state index contributed by atoms with van der Waals surface area (Å²) < 4.78 is 54.9. The fourth-order valence-electron chi connectivity index (χ4n) is 4.30. The summed E-state index contributed by atoms with van der Waals surface area (Å²) in [5.74, 6) is -2.05. The van der Waals surface area contributed by atoms with Gasteiger partial charge in [0.25, 0.3) is 10.0 Å². The van der Waals surface area contributed by atoms with Crippen LogP contribution in [-0.2, 0) is 10.0 Å². The molecule has 2 N–H and O–H groups in total. The lowest BCUT2D eigenvalue weighted by Crippen LogP contribution is -2.44. The Kier molecular flexibility index (Phi) is 5.39. The van der Waals surface area contributed by atoms with E-state index in [9.17, 15) is 17.2 Å². The highest BCUT2D eigenvalue weighted by Crippen LogP contribution is 2.39. The van der Waals surface area contributed by atoms with E-state index in [1.54, 1.807) is 0 Å². The molecule has 0 unspecified atom stereocenters. The standard InChI is InChI=1S/C19H21ClF2N4O2S/c20-13-10-16(29(27,28)25-18-5-1-4-17(22)24-18)14(21)11-15(13)23-12-19-6-2-8-26(19)9-3-7-19/h1,4-5,10-11,23H,2-3,6-9,12H2,(H,24,25). The molecule has 2 aliphatic rings. The molecule has 0 atom stereocenters. The number of nitrogens with zero attached hydrogens (tertiary/aromatic N) is 2. The van der Waals surface area contributed by atoms with E-state index in [4.69, 9.17) is 11.6 Å². The number of aromatic nitrogens is 1. The van der Waals surface area contributed by atoms with E-state index in [0.717, 1.165) is 57.0 Å². The average Bonchev–Trinajstić information content (AvgIpc) is 3.21. The first kappa shape index (κ1) is 20.3. The molecular formula is C19H21ClF2N4O2S. The lowest BCUT2D eigenvalue weighted by atomic mass is 9.94. The Morgan fingerprint density at radius 1 is 1.17 bits per heavy atom. The molecule has 2 fully saturated rings. The third-order valence-corrected chi connectivity index (χ3v) is 7.37. The van der Waals surface area contributed by atoms with Gasteiger partial charge in [-0.15, -0.1) is 0 Å². The molecule has 0 amide bonds. The van der Waals surface area contributed by atoms with Gasteiger partial charge in [-0.3, -0.25) is 9.62 Å². The summed E-state index contributed by atoms with van der Waals surface area (Å²) in [6, 6.07) is 5.78. The van der Waals surface area contributed by atoms with Crippen LogP contribution in [-0.4, -0.2) is 43.5 Å². The zero-order valence-electron chi connectivity index (χ0n) is 15.6. The number of nitrogens with one attached hydrogen (secondary N) is 2. The fourth-order valence-corrected chi connectivity index (χ4v) is 5.68. The molecule has 0 saturated carbocycles. The molecule has 4 rings (SSSR count). The summed E-state index contributed by atoms with van der Waals surface area (Å²) in [6.07, 6.45) is 4.44. The summed E-state index contributed by atoms with van der Waals surface area (Å²) in [4.78, 5) is 5.26. The smallest absolute Gasteiger partial charge is 0.266 e. The maximum Gasteiger partial charge on any atom is 0.266 e. The van der Waals surface area contributed by atoms with Crippen LogP contribution < -0.4 is 10.0 Å². The fraction of sp³-hybridized carbons (Fsp3) is 0.421. The van der Waals surface area contributed by atoms with Gasteiger partial charge in [0.05, 0.1) is 10.7 Å². The van der Waals surface area contributed by atoms with Crippen molar-refractivity contribution in [1.82, 2.24) is 9.88 Å². The Balaban J connectivity index is 1.53. The Labute approximate surface area is 173 Å². The van der Waals surface area contributed by atoms with Crippen LogP contribution in [0.2, 0.25) is 5.02 Å². The van der Waals surface area contributed by atoms with E-state index in [1.165, 1.54) is 12.1 Å². The number of benzene rings is 1.